The third kappa shape index (κ3) is 1.93. The molecule has 2 aromatic rings. The van der Waals surface area contributed by atoms with Gasteiger partial charge in [0.1, 0.15) is 5.15 Å². The van der Waals surface area contributed by atoms with Crippen molar-refractivity contribution in [2.45, 2.75) is 5.16 Å². The van der Waals surface area contributed by atoms with Gasteiger partial charge in [-0.3, -0.25) is 4.79 Å². The van der Waals surface area contributed by atoms with Crippen LogP contribution in [0.1, 0.15) is 10.4 Å². The predicted octanol–water partition coefficient (Wildman–Crippen LogP) is 2.21. The Morgan fingerprint density at radius 1 is 1.47 bits per heavy atom. The zero-order chi connectivity index (χ0) is 10.8. The number of rotatable bonds is 2. The van der Waals surface area contributed by atoms with Gasteiger partial charge in [0.05, 0.1) is 5.56 Å². The maximum Gasteiger partial charge on any atom is 0.189 e. The molecule has 2 aromatic heterocycles. The van der Waals surface area contributed by atoms with Gasteiger partial charge in [0.25, 0.3) is 0 Å². The smallest absolute Gasteiger partial charge is 0.189 e. The summed E-state index contributed by atoms with van der Waals surface area (Å²) in [4.78, 5) is 22.9. The van der Waals surface area contributed by atoms with Crippen LogP contribution in [0.5, 0.6) is 0 Å². The van der Waals surface area contributed by atoms with E-state index < -0.39 is 0 Å². The number of nitrogens with zero attached hydrogens (tertiary/aromatic N) is 3. The van der Waals surface area contributed by atoms with Gasteiger partial charge in [-0.25, -0.2) is 15.0 Å². The van der Waals surface area contributed by atoms with E-state index in [-0.39, 0.29) is 5.15 Å². The molecular weight excluding hydrogens is 234 g/mol. The lowest BCUT2D eigenvalue weighted by atomic mass is 10.2. The molecule has 0 atom stereocenters. The third-order valence-electron chi connectivity index (χ3n) is 1.84. The van der Waals surface area contributed by atoms with Crippen molar-refractivity contribution >= 4 is 40.7 Å². The molecule has 0 aliphatic rings. The Hall–Kier alpha value is -1.20. The number of carbonyl (C=O) groups excluding carboxylic acids is 1. The second-order valence-electron chi connectivity index (χ2n) is 2.76. The Morgan fingerprint density at radius 2 is 2.27 bits per heavy atom. The highest BCUT2D eigenvalue weighted by molar-refractivity contribution is 7.98. The van der Waals surface area contributed by atoms with Crippen LogP contribution in [-0.2, 0) is 0 Å². The summed E-state index contributed by atoms with van der Waals surface area (Å²) in [5.41, 5.74) is 0.856. The van der Waals surface area contributed by atoms with Crippen LogP contribution in [0.4, 0.5) is 0 Å². The van der Waals surface area contributed by atoms with Crippen LogP contribution in [-0.4, -0.2) is 27.5 Å². The summed E-state index contributed by atoms with van der Waals surface area (Å²) in [5.74, 6) is 0. The second-order valence-corrected chi connectivity index (χ2v) is 3.89. The Morgan fingerprint density at radius 3 is 2.93 bits per heavy atom. The molecule has 2 heterocycles. The summed E-state index contributed by atoms with van der Waals surface area (Å²) >= 11 is 7.21. The fraction of sp³-hybridized carbons (Fsp3) is 0.111. The van der Waals surface area contributed by atoms with Crippen molar-refractivity contribution in [1.29, 1.82) is 0 Å². The van der Waals surface area contributed by atoms with Crippen molar-refractivity contribution in [2.24, 2.45) is 0 Å². The molecule has 76 valence electrons. The molecule has 0 spiro atoms. The summed E-state index contributed by atoms with van der Waals surface area (Å²) in [6, 6.07) is 1.63. The number of aromatic nitrogens is 3. The molecule has 0 aromatic carbocycles. The molecule has 0 aliphatic carbocycles. The van der Waals surface area contributed by atoms with E-state index in [1.54, 1.807) is 12.3 Å². The van der Waals surface area contributed by atoms with E-state index in [0.29, 0.717) is 28.0 Å². The lowest BCUT2D eigenvalue weighted by Gasteiger charge is -2.00. The lowest BCUT2D eigenvalue weighted by molar-refractivity contribution is 0.112. The van der Waals surface area contributed by atoms with Crippen molar-refractivity contribution in [2.75, 3.05) is 6.26 Å². The molecule has 0 fully saturated rings. The second kappa shape index (κ2) is 4.12. The summed E-state index contributed by atoms with van der Waals surface area (Å²) < 4.78 is 0. The lowest BCUT2D eigenvalue weighted by Crippen LogP contribution is -1.93. The average molecular weight is 240 g/mol. The van der Waals surface area contributed by atoms with Gasteiger partial charge in [-0.1, -0.05) is 23.4 Å². The molecule has 15 heavy (non-hydrogen) atoms. The number of thioether (sulfide) groups is 1. The van der Waals surface area contributed by atoms with Crippen LogP contribution in [0.2, 0.25) is 5.15 Å². The van der Waals surface area contributed by atoms with Crippen LogP contribution in [0.3, 0.4) is 0 Å². The van der Waals surface area contributed by atoms with E-state index in [9.17, 15) is 4.79 Å². The highest BCUT2D eigenvalue weighted by atomic mass is 35.5. The minimum absolute atomic E-state index is 0.170. The van der Waals surface area contributed by atoms with Gasteiger partial charge in [-0.15, -0.1) is 0 Å². The van der Waals surface area contributed by atoms with Crippen molar-refractivity contribution in [3.63, 3.8) is 0 Å². The Kier molecular flexibility index (Phi) is 2.83. The van der Waals surface area contributed by atoms with E-state index in [1.807, 2.05) is 6.26 Å². The number of carbonyl (C=O) groups is 1. The molecule has 0 amide bonds. The van der Waals surface area contributed by atoms with Crippen LogP contribution >= 0.6 is 23.4 Å². The van der Waals surface area contributed by atoms with Gasteiger partial charge in [0.15, 0.2) is 17.1 Å². The predicted molar refractivity (Wildman–Crippen MR) is 59.5 cm³/mol. The number of aldehydes is 1. The summed E-state index contributed by atoms with van der Waals surface area (Å²) in [6.07, 6.45) is 4.17. The van der Waals surface area contributed by atoms with E-state index in [4.69, 9.17) is 11.6 Å². The van der Waals surface area contributed by atoms with Crippen molar-refractivity contribution in [3.05, 3.63) is 23.0 Å². The Balaban J connectivity index is 2.70. The normalized spacial score (nSPS) is 10.5. The van der Waals surface area contributed by atoms with Gasteiger partial charge in [-0.05, 0) is 12.3 Å². The minimum Gasteiger partial charge on any atom is -0.298 e. The zero-order valence-electron chi connectivity index (χ0n) is 7.77. The average Bonchev–Trinajstić information content (AvgIpc) is 2.27. The fourth-order valence-electron chi connectivity index (χ4n) is 1.12. The van der Waals surface area contributed by atoms with E-state index in [2.05, 4.69) is 15.0 Å². The maximum absolute atomic E-state index is 10.6. The van der Waals surface area contributed by atoms with Crippen molar-refractivity contribution in [3.8, 4) is 0 Å². The maximum atomic E-state index is 10.6. The van der Waals surface area contributed by atoms with Gasteiger partial charge in [0, 0.05) is 11.6 Å². The zero-order valence-corrected chi connectivity index (χ0v) is 9.34. The SMILES string of the molecule is CSc1ncc2cc(C=O)c(Cl)nc2n1. The van der Waals surface area contributed by atoms with Gasteiger partial charge < -0.3 is 0 Å². The number of fused-ring (bicyclic) bond motifs is 1. The topological polar surface area (TPSA) is 55.7 Å². The standard InChI is InChI=1S/C9H6ClN3OS/c1-15-9-11-3-5-2-6(4-14)7(10)12-8(5)13-9/h2-4H,1H3. The van der Waals surface area contributed by atoms with Crippen molar-refractivity contribution in [1.82, 2.24) is 15.0 Å². The quantitative estimate of drug-likeness (QED) is 0.348. The largest absolute Gasteiger partial charge is 0.298 e. The van der Waals surface area contributed by atoms with Crippen molar-refractivity contribution < 1.29 is 4.79 Å². The minimum atomic E-state index is 0.170. The molecule has 0 bridgehead atoms. The van der Waals surface area contributed by atoms with Gasteiger partial charge in [-0.2, -0.15) is 0 Å². The molecule has 0 aliphatic heterocycles. The molecule has 0 saturated heterocycles. The fourth-order valence-corrected chi connectivity index (χ4v) is 1.64. The van der Waals surface area contributed by atoms with Crippen LogP contribution < -0.4 is 0 Å². The molecule has 0 radical (unpaired) electrons. The highest BCUT2D eigenvalue weighted by Gasteiger charge is 2.06. The number of hydrogen-bond acceptors (Lipinski definition) is 5. The molecule has 0 saturated carbocycles. The summed E-state index contributed by atoms with van der Waals surface area (Å²) in [5, 5.41) is 1.51. The molecule has 6 heteroatoms. The van der Waals surface area contributed by atoms with Gasteiger partial charge in [0.2, 0.25) is 0 Å². The van der Waals surface area contributed by atoms with Crippen LogP contribution in [0, 0.1) is 0 Å². The van der Waals surface area contributed by atoms with Crippen LogP contribution in [0.15, 0.2) is 17.4 Å². The highest BCUT2D eigenvalue weighted by Crippen LogP contribution is 2.19. The first-order valence-corrected chi connectivity index (χ1v) is 5.67. The summed E-state index contributed by atoms with van der Waals surface area (Å²) in [6.45, 7) is 0. The Bertz CT molecular complexity index is 532. The Labute approximate surface area is 95.1 Å². The first kappa shape index (κ1) is 10.3. The number of halogens is 1. The molecule has 0 unspecified atom stereocenters. The number of pyridine rings is 1. The molecule has 0 N–H and O–H groups in total. The van der Waals surface area contributed by atoms with E-state index in [0.717, 1.165) is 0 Å². The first-order chi connectivity index (χ1) is 7.24. The monoisotopic (exact) mass is 239 g/mol. The van der Waals surface area contributed by atoms with E-state index >= 15 is 0 Å². The molecule has 4 nitrogen and oxygen atoms in total. The van der Waals surface area contributed by atoms with Crippen LogP contribution in [0.25, 0.3) is 11.0 Å². The van der Waals surface area contributed by atoms with E-state index in [1.165, 1.54) is 11.8 Å². The summed E-state index contributed by atoms with van der Waals surface area (Å²) in [7, 11) is 0. The third-order valence-corrected chi connectivity index (χ3v) is 2.70. The number of hydrogen-bond donors (Lipinski definition) is 0. The van der Waals surface area contributed by atoms with Gasteiger partial charge >= 0.3 is 0 Å². The molecule has 2 rings (SSSR count). The molecular formula is C9H6ClN3OS. The first-order valence-electron chi connectivity index (χ1n) is 4.07.